The Hall–Kier alpha value is -1.94. The number of rotatable bonds is 3. The second-order valence-electron chi connectivity index (χ2n) is 6.78. The number of carbonyl (C=O) groups excluding carboxylic acids is 1. The van der Waals surface area contributed by atoms with Gasteiger partial charge in [-0.2, -0.15) is 0 Å². The summed E-state index contributed by atoms with van der Waals surface area (Å²) in [5.41, 5.74) is 2.69. The number of hydrogen-bond donors (Lipinski definition) is 1. The molecule has 1 N–H and O–H groups in total. The van der Waals surface area contributed by atoms with Crippen LogP contribution in [-0.2, 0) is 6.42 Å². The maximum atomic E-state index is 12.6. The van der Waals surface area contributed by atoms with Crippen molar-refractivity contribution in [3.05, 3.63) is 41.6 Å². The van der Waals surface area contributed by atoms with Gasteiger partial charge in [-0.05, 0) is 56.5 Å². The second-order valence-corrected chi connectivity index (χ2v) is 6.78. The Kier molecular flexibility index (Phi) is 3.77. The van der Waals surface area contributed by atoms with Gasteiger partial charge < -0.3 is 10.2 Å². The molecule has 3 aliphatic heterocycles. The lowest BCUT2D eigenvalue weighted by atomic mass is 9.84. The van der Waals surface area contributed by atoms with Crippen LogP contribution in [0.15, 0.2) is 30.3 Å². The summed E-state index contributed by atoms with van der Waals surface area (Å²) in [7, 11) is 0. The highest BCUT2D eigenvalue weighted by molar-refractivity contribution is 5.98. The van der Waals surface area contributed by atoms with E-state index in [-0.39, 0.29) is 5.91 Å². The van der Waals surface area contributed by atoms with Gasteiger partial charge in [0.15, 0.2) is 0 Å². The Labute approximate surface area is 136 Å². The Morgan fingerprint density at radius 2 is 2.04 bits per heavy atom. The molecule has 0 spiro atoms. The molecule has 1 atom stereocenters. The van der Waals surface area contributed by atoms with Gasteiger partial charge in [-0.1, -0.05) is 19.1 Å². The molecule has 4 nitrogen and oxygen atoms in total. The van der Waals surface area contributed by atoms with Crippen LogP contribution in [0.2, 0.25) is 0 Å². The van der Waals surface area contributed by atoms with Crippen molar-refractivity contribution >= 4 is 16.8 Å². The zero-order valence-corrected chi connectivity index (χ0v) is 13.6. The molecule has 4 heteroatoms. The monoisotopic (exact) mass is 309 g/mol. The number of carbonyl (C=O) groups is 1. The van der Waals surface area contributed by atoms with Crippen molar-refractivity contribution in [2.45, 2.75) is 32.2 Å². The minimum Gasteiger partial charge on any atom is -0.348 e. The number of hydrogen-bond acceptors (Lipinski definition) is 3. The third kappa shape index (κ3) is 2.83. The van der Waals surface area contributed by atoms with Crippen LogP contribution in [0.1, 0.15) is 35.8 Å². The minimum absolute atomic E-state index is 0.0364. The van der Waals surface area contributed by atoms with E-state index in [2.05, 4.69) is 34.3 Å². The van der Waals surface area contributed by atoms with Crippen molar-refractivity contribution in [3.63, 3.8) is 0 Å². The molecule has 1 amide bonds. The highest BCUT2D eigenvalue weighted by atomic mass is 16.1. The fourth-order valence-electron chi connectivity index (χ4n) is 3.88. The van der Waals surface area contributed by atoms with Gasteiger partial charge in [-0.3, -0.25) is 9.78 Å². The van der Waals surface area contributed by atoms with Crippen molar-refractivity contribution in [2.75, 3.05) is 19.6 Å². The number of pyridine rings is 1. The number of nitrogens with one attached hydrogen (secondary N) is 1. The molecule has 0 radical (unpaired) electrons. The lowest BCUT2D eigenvalue weighted by molar-refractivity contribution is 0.0620. The van der Waals surface area contributed by atoms with Gasteiger partial charge in [0, 0.05) is 29.2 Å². The van der Waals surface area contributed by atoms with Crippen LogP contribution in [0.25, 0.3) is 10.9 Å². The van der Waals surface area contributed by atoms with E-state index in [9.17, 15) is 4.79 Å². The van der Waals surface area contributed by atoms with Crippen LogP contribution in [0.4, 0.5) is 0 Å². The van der Waals surface area contributed by atoms with Crippen LogP contribution in [0.5, 0.6) is 0 Å². The average Bonchev–Trinajstić information content (AvgIpc) is 2.61. The summed E-state index contributed by atoms with van der Waals surface area (Å²) in [5, 5.41) is 4.34. The molecule has 23 heavy (non-hydrogen) atoms. The van der Waals surface area contributed by atoms with Crippen LogP contribution in [0.3, 0.4) is 0 Å². The molecule has 3 fully saturated rings. The molecule has 3 saturated heterocycles. The molecular formula is C19H23N3O. The average molecular weight is 309 g/mol. The third-order valence-corrected chi connectivity index (χ3v) is 5.35. The van der Waals surface area contributed by atoms with Gasteiger partial charge >= 0.3 is 0 Å². The van der Waals surface area contributed by atoms with Crippen molar-refractivity contribution < 1.29 is 4.79 Å². The molecule has 1 aromatic heterocycles. The first-order valence-electron chi connectivity index (χ1n) is 8.66. The molecule has 2 bridgehead atoms. The third-order valence-electron chi connectivity index (χ3n) is 5.35. The number of aryl methyl sites for hydroxylation is 1. The van der Waals surface area contributed by atoms with Crippen molar-refractivity contribution in [3.8, 4) is 0 Å². The molecule has 2 aromatic rings. The smallest absolute Gasteiger partial charge is 0.251 e. The molecule has 4 heterocycles. The van der Waals surface area contributed by atoms with Gasteiger partial charge in [0.05, 0.1) is 5.52 Å². The van der Waals surface area contributed by atoms with Crippen LogP contribution < -0.4 is 5.32 Å². The van der Waals surface area contributed by atoms with E-state index in [1.54, 1.807) is 0 Å². The van der Waals surface area contributed by atoms with E-state index in [4.69, 9.17) is 0 Å². The largest absolute Gasteiger partial charge is 0.348 e. The van der Waals surface area contributed by atoms with Crippen LogP contribution in [0, 0.1) is 5.92 Å². The molecule has 0 saturated carbocycles. The lowest BCUT2D eigenvalue weighted by Gasteiger charge is -2.44. The molecule has 5 rings (SSSR count). The van der Waals surface area contributed by atoms with E-state index >= 15 is 0 Å². The fraction of sp³-hybridized carbons (Fsp3) is 0.474. The summed E-state index contributed by atoms with van der Waals surface area (Å²) < 4.78 is 0. The van der Waals surface area contributed by atoms with Gasteiger partial charge in [0.25, 0.3) is 5.91 Å². The first-order valence-corrected chi connectivity index (χ1v) is 8.66. The normalized spacial score (nSPS) is 26.4. The number of piperidine rings is 3. The summed E-state index contributed by atoms with van der Waals surface area (Å²) >= 11 is 0. The zero-order chi connectivity index (χ0) is 15.8. The maximum absolute atomic E-state index is 12.6. The number of fused-ring (bicyclic) bond motifs is 4. The Morgan fingerprint density at radius 3 is 2.74 bits per heavy atom. The predicted octanol–water partition coefficient (Wildman–Crippen LogP) is 2.62. The van der Waals surface area contributed by atoms with Crippen molar-refractivity contribution in [1.29, 1.82) is 0 Å². The summed E-state index contributed by atoms with van der Waals surface area (Å²) in [6, 6.07) is 10.3. The van der Waals surface area contributed by atoms with Gasteiger partial charge in [-0.25, -0.2) is 0 Å². The van der Waals surface area contributed by atoms with Gasteiger partial charge in [0.2, 0.25) is 0 Å². The first kappa shape index (κ1) is 14.6. The molecule has 3 aliphatic rings. The summed E-state index contributed by atoms with van der Waals surface area (Å²) in [4.78, 5) is 19.7. The Balaban J connectivity index is 1.54. The summed E-state index contributed by atoms with van der Waals surface area (Å²) in [6.45, 7) is 5.48. The highest BCUT2D eigenvalue weighted by Crippen LogP contribution is 2.27. The number of aromatic nitrogens is 1. The highest BCUT2D eigenvalue weighted by Gasteiger charge is 2.34. The SMILES string of the molecule is CCc1ccc2ccc(C(=O)NC3CN4CCC3CC4)cc2n1. The van der Waals surface area contributed by atoms with Crippen molar-refractivity contribution in [1.82, 2.24) is 15.2 Å². The molecule has 0 aliphatic carbocycles. The van der Waals surface area contributed by atoms with Crippen LogP contribution in [-0.4, -0.2) is 41.5 Å². The van der Waals surface area contributed by atoms with Gasteiger partial charge in [0.1, 0.15) is 0 Å². The molecule has 1 unspecified atom stereocenters. The maximum Gasteiger partial charge on any atom is 0.251 e. The summed E-state index contributed by atoms with van der Waals surface area (Å²) in [5.74, 6) is 0.684. The van der Waals surface area contributed by atoms with Gasteiger partial charge in [-0.15, -0.1) is 0 Å². The second kappa shape index (κ2) is 5.93. The van der Waals surface area contributed by atoms with E-state index < -0.39 is 0 Å². The molecule has 120 valence electrons. The van der Waals surface area contributed by atoms with E-state index in [0.717, 1.165) is 35.1 Å². The number of amides is 1. The number of nitrogens with zero attached hydrogens (tertiary/aromatic N) is 2. The number of benzene rings is 1. The van der Waals surface area contributed by atoms with Crippen LogP contribution >= 0.6 is 0 Å². The van der Waals surface area contributed by atoms with E-state index in [0.29, 0.717) is 12.0 Å². The van der Waals surface area contributed by atoms with E-state index in [1.807, 2.05) is 18.2 Å². The first-order chi connectivity index (χ1) is 11.2. The zero-order valence-electron chi connectivity index (χ0n) is 13.6. The predicted molar refractivity (Wildman–Crippen MR) is 91.5 cm³/mol. The lowest BCUT2D eigenvalue weighted by Crippen LogP contribution is -2.57. The fourth-order valence-corrected chi connectivity index (χ4v) is 3.88. The summed E-state index contributed by atoms with van der Waals surface area (Å²) in [6.07, 6.45) is 3.33. The topological polar surface area (TPSA) is 45.2 Å². The van der Waals surface area contributed by atoms with E-state index in [1.165, 1.54) is 25.9 Å². The molecular weight excluding hydrogens is 286 g/mol. The minimum atomic E-state index is 0.0364. The standard InChI is InChI=1S/C19H23N3O/c1-2-16-6-5-13-3-4-15(11-17(13)20-16)19(23)21-18-12-22-9-7-14(18)8-10-22/h3-6,11,14,18H,2,7-10,12H2,1H3,(H,21,23). The van der Waals surface area contributed by atoms with Crippen molar-refractivity contribution in [2.24, 2.45) is 5.92 Å². The Bertz CT molecular complexity index is 734. The molecule has 1 aromatic carbocycles. The Morgan fingerprint density at radius 1 is 1.26 bits per heavy atom. The quantitative estimate of drug-likeness (QED) is 0.948.